The zero-order valence-corrected chi connectivity index (χ0v) is 10.6. The Labute approximate surface area is 106 Å². The fourth-order valence-corrected chi connectivity index (χ4v) is 1.64. The molecule has 0 saturated heterocycles. The van der Waals surface area contributed by atoms with Crippen molar-refractivity contribution in [3.8, 4) is 5.75 Å². The Morgan fingerprint density at radius 3 is 2.61 bits per heavy atom. The van der Waals surface area contributed by atoms with Crippen LogP contribution in [-0.4, -0.2) is 21.6 Å². The van der Waals surface area contributed by atoms with Gasteiger partial charge in [0, 0.05) is 6.42 Å². The lowest BCUT2D eigenvalue weighted by atomic mass is 10.2. The van der Waals surface area contributed by atoms with Crippen LogP contribution in [0.4, 0.5) is 5.95 Å². The first-order valence-electron chi connectivity index (χ1n) is 5.80. The lowest BCUT2D eigenvalue weighted by Crippen LogP contribution is -2.09. The molecule has 0 aliphatic carbocycles. The van der Waals surface area contributed by atoms with Crippen LogP contribution in [0.25, 0.3) is 0 Å². The molecule has 0 aliphatic rings. The number of aromatic nitrogens is 3. The topological polar surface area (TPSA) is 73.9 Å². The monoisotopic (exact) mass is 244 g/mol. The van der Waals surface area contributed by atoms with Gasteiger partial charge in [-0.3, -0.25) is 0 Å². The molecule has 5 nitrogen and oxygen atoms in total. The Morgan fingerprint density at radius 1 is 1.11 bits per heavy atom. The van der Waals surface area contributed by atoms with Crippen molar-refractivity contribution >= 4 is 5.95 Å². The number of rotatable bonds is 4. The first kappa shape index (κ1) is 12.3. The predicted octanol–water partition coefficient (Wildman–Crippen LogP) is 1.69. The summed E-state index contributed by atoms with van der Waals surface area (Å²) < 4.78 is 5.68. The highest BCUT2D eigenvalue weighted by Crippen LogP contribution is 2.16. The van der Waals surface area contributed by atoms with Gasteiger partial charge in [0.2, 0.25) is 5.95 Å². The molecule has 0 aliphatic heterocycles. The lowest BCUT2D eigenvalue weighted by Gasteiger charge is -2.08. The second-order valence-electron chi connectivity index (χ2n) is 4.02. The van der Waals surface area contributed by atoms with E-state index in [2.05, 4.69) is 15.0 Å². The molecular formula is C13H16N4O. The summed E-state index contributed by atoms with van der Waals surface area (Å²) in [5.74, 6) is 2.44. The predicted molar refractivity (Wildman–Crippen MR) is 69.4 cm³/mol. The fraction of sp³-hybridized carbons (Fsp3) is 0.308. The third-order valence-electron chi connectivity index (χ3n) is 2.49. The molecule has 2 N–H and O–H groups in total. The minimum absolute atomic E-state index is 0.258. The van der Waals surface area contributed by atoms with Crippen LogP contribution in [0.5, 0.6) is 5.75 Å². The second-order valence-corrected chi connectivity index (χ2v) is 4.02. The molecule has 0 spiro atoms. The Balaban J connectivity index is 1.94. The molecule has 2 aromatic rings. The van der Waals surface area contributed by atoms with E-state index < -0.39 is 0 Å². The Bertz CT molecular complexity index is 522. The van der Waals surface area contributed by atoms with Crippen molar-refractivity contribution in [2.75, 3.05) is 12.3 Å². The third-order valence-corrected chi connectivity index (χ3v) is 2.49. The molecule has 0 fully saturated rings. The maximum absolute atomic E-state index is 5.68. The van der Waals surface area contributed by atoms with Crippen LogP contribution < -0.4 is 10.5 Å². The number of anilines is 1. The van der Waals surface area contributed by atoms with Crippen LogP contribution in [0.15, 0.2) is 24.3 Å². The maximum atomic E-state index is 5.68. The molecule has 0 amide bonds. The Hall–Kier alpha value is -2.17. The van der Waals surface area contributed by atoms with Gasteiger partial charge in [-0.1, -0.05) is 18.2 Å². The maximum Gasteiger partial charge on any atom is 0.223 e. The molecule has 18 heavy (non-hydrogen) atoms. The van der Waals surface area contributed by atoms with Gasteiger partial charge in [-0.25, -0.2) is 4.98 Å². The highest BCUT2D eigenvalue weighted by atomic mass is 16.5. The smallest absolute Gasteiger partial charge is 0.223 e. The van der Waals surface area contributed by atoms with Crippen molar-refractivity contribution < 1.29 is 4.74 Å². The molecule has 1 heterocycles. The van der Waals surface area contributed by atoms with Gasteiger partial charge in [0.25, 0.3) is 0 Å². The van der Waals surface area contributed by atoms with Crippen LogP contribution in [0, 0.1) is 13.8 Å². The quantitative estimate of drug-likeness (QED) is 0.886. The van der Waals surface area contributed by atoms with Gasteiger partial charge in [0.05, 0.1) is 6.61 Å². The molecule has 5 heteroatoms. The van der Waals surface area contributed by atoms with Crippen LogP contribution in [0.2, 0.25) is 0 Å². The molecule has 0 radical (unpaired) electrons. The van der Waals surface area contributed by atoms with Crippen molar-refractivity contribution in [2.45, 2.75) is 20.3 Å². The van der Waals surface area contributed by atoms with E-state index in [1.54, 1.807) is 6.92 Å². The van der Waals surface area contributed by atoms with Crippen molar-refractivity contribution in [1.29, 1.82) is 0 Å². The molecule has 0 bridgehead atoms. The summed E-state index contributed by atoms with van der Waals surface area (Å²) in [5.41, 5.74) is 6.68. The molecule has 2 rings (SSSR count). The number of hydrogen-bond donors (Lipinski definition) is 1. The van der Waals surface area contributed by atoms with E-state index in [1.807, 2.05) is 31.2 Å². The van der Waals surface area contributed by atoms with Crippen molar-refractivity contribution in [3.05, 3.63) is 41.5 Å². The highest BCUT2D eigenvalue weighted by molar-refractivity contribution is 5.31. The van der Waals surface area contributed by atoms with E-state index in [-0.39, 0.29) is 5.95 Å². The number of nitrogens with zero attached hydrogens (tertiary/aromatic N) is 3. The third kappa shape index (κ3) is 3.16. The number of benzene rings is 1. The first-order chi connectivity index (χ1) is 8.65. The lowest BCUT2D eigenvalue weighted by molar-refractivity contribution is 0.316. The van der Waals surface area contributed by atoms with Crippen molar-refractivity contribution in [1.82, 2.24) is 15.0 Å². The average molecular weight is 244 g/mol. The molecule has 1 aromatic heterocycles. The number of para-hydroxylation sites is 1. The van der Waals surface area contributed by atoms with E-state index in [0.29, 0.717) is 24.7 Å². The Kier molecular flexibility index (Phi) is 3.72. The number of nitrogens with two attached hydrogens (primary N) is 1. The van der Waals surface area contributed by atoms with Gasteiger partial charge in [0.1, 0.15) is 17.4 Å². The molecule has 0 unspecified atom stereocenters. The zero-order chi connectivity index (χ0) is 13.0. The van der Waals surface area contributed by atoms with Gasteiger partial charge in [-0.2, -0.15) is 9.97 Å². The molecular weight excluding hydrogens is 228 g/mol. The van der Waals surface area contributed by atoms with Gasteiger partial charge in [-0.05, 0) is 25.5 Å². The van der Waals surface area contributed by atoms with Crippen molar-refractivity contribution in [2.24, 2.45) is 0 Å². The van der Waals surface area contributed by atoms with Crippen LogP contribution in [-0.2, 0) is 6.42 Å². The summed E-state index contributed by atoms with van der Waals surface area (Å²) >= 11 is 0. The number of ether oxygens (including phenoxy) is 1. The fourth-order valence-electron chi connectivity index (χ4n) is 1.64. The summed E-state index contributed by atoms with van der Waals surface area (Å²) in [6.45, 7) is 4.33. The molecule has 94 valence electrons. The normalized spacial score (nSPS) is 10.3. The standard InChI is InChI=1S/C13H16N4O/c1-9-5-3-4-6-11(9)18-8-7-12-15-10(2)16-13(14)17-12/h3-6H,7-8H2,1-2H3,(H2,14,15,16,17). The number of aryl methyl sites for hydroxylation is 2. The van der Waals surface area contributed by atoms with Gasteiger partial charge in [-0.15, -0.1) is 0 Å². The van der Waals surface area contributed by atoms with Gasteiger partial charge in [0.15, 0.2) is 0 Å². The molecule has 0 atom stereocenters. The van der Waals surface area contributed by atoms with E-state index >= 15 is 0 Å². The van der Waals surface area contributed by atoms with Crippen LogP contribution in [0.3, 0.4) is 0 Å². The van der Waals surface area contributed by atoms with E-state index in [9.17, 15) is 0 Å². The van der Waals surface area contributed by atoms with Crippen LogP contribution >= 0.6 is 0 Å². The number of nitrogen functional groups attached to an aromatic ring is 1. The number of hydrogen-bond acceptors (Lipinski definition) is 5. The minimum atomic E-state index is 0.258. The zero-order valence-electron chi connectivity index (χ0n) is 10.6. The summed E-state index contributed by atoms with van der Waals surface area (Å²) in [4.78, 5) is 12.2. The largest absolute Gasteiger partial charge is 0.493 e. The van der Waals surface area contributed by atoms with Crippen LogP contribution in [0.1, 0.15) is 17.2 Å². The van der Waals surface area contributed by atoms with Gasteiger partial charge >= 0.3 is 0 Å². The van der Waals surface area contributed by atoms with E-state index in [0.717, 1.165) is 11.3 Å². The summed E-state index contributed by atoms with van der Waals surface area (Å²) in [7, 11) is 0. The van der Waals surface area contributed by atoms with Crippen molar-refractivity contribution in [3.63, 3.8) is 0 Å². The Morgan fingerprint density at radius 2 is 1.89 bits per heavy atom. The highest BCUT2D eigenvalue weighted by Gasteiger charge is 2.03. The summed E-state index contributed by atoms with van der Waals surface area (Å²) in [6.07, 6.45) is 0.613. The summed E-state index contributed by atoms with van der Waals surface area (Å²) in [5, 5.41) is 0. The second kappa shape index (κ2) is 5.44. The first-order valence-corrected chi connectivity index (χ1v) is 5.80. The minimum Gasteiger partial charge on any atom is -0.493 e. The van der Waals surface area contributed by atoms with E-state index in [4.69, 9.17) is 10.5 Å². The SMILES string of the molecule is Cc1nc(N)nc(CCOc2ccccc2C)n1. The summed E-state index contributed by atoms with van der Waals surface area (Å²) in [6, 6.07) is 7.90. The molecule has 0 saturated carbocycles. The van der Waals surface area contributed by atoms with Gasteiger partial charge < -0.3 is 10.5 Å². The van der Waals surface area contributed by atoms with E-state index in [1.165, 1.54) is 0 Å². The molecule has 1 aromatic carbocycles. The average Bonchev–Trinajstić information content (AvgIpc) is 2.30.